The van der Waals surface area contributed by atoms with Gasteiger partial charge in [0.2, 0.25) is 0 Å². The van der Waals surface area contributed by atoms with Crippen LogP contribution in [0.5, 0.6) is 0 Å². The molecule has 1 atom stereocenters. The van der Waals surface area contributed by atoms with E-state index in [9.17, 15) is 13.2 Å². The second-order valence-electron chi connectivity index (χ2n) is 2.94. The van der Waals surface area contributed by atoms with Gasteiger partial charge in [-0.1, -0.05) is 6.92 Å². The summed E-state index contributed by atoms with van der Waals surface area (Å²) in [4.78, 5) is 1.49. The Kier molecular flexibility index (Phi) is 6.06. The Balaban J connectivity index is 3.92. The lowest BCUT2D eigenvalue weighted by molar-refractivity contribution is -0.208. The van der Waals surface area contributed by atoms with Gasteiger partial charge in [0, 0.05) is 20.2 Å². The summed E-state index contributed by atoms with van der Waals surface area (Å²) in [5.41, 5.74) is 0. The van der Waals surface area contributed by atoms with Gasteiger partial charge in [0.05, 0.1) is 6.61 Å². The fourth-order valence-electron chi connectivity index (χ4n) is 0.947. The average molecular weight is 215 g/mol. The highest BCUT2D eigenvalue weighted by Gasteiger charge is 2.38. The fourth-order valence-corrected chi connectivity index (χ4v) is 0.947. The van der Waals surface area contributed by atoms with Crippen molar-refractivity contribution in [3.8, 4) is 0 Å². The van der Waals surface area contributed by atoms with Gasteiger partial charge in [-0.15, -0.1) is 0 Å². The van der Waals surface area contributed by atoms with E-state index in [1.165, 1.54) is 12.0 Å². The number of hydrogen-bond acceptors (Lipinski definition) is 3. The van der Waals surface area contributed by atoms with Crippen molar-refractivity contribution in [2.45, 2.75) is 19.2 Å². The van der Waals surface area contributed by atoms with Crippen molar-refractivity contribution < 1.29 is 23.0 Å². The molecule has 0 bridgehead atoms. The van der Waals surface area contributed by atoms with Gasteiger partial charge < -0.3 is 9.84 Å². The van der Waals surface area contributed by atoms with Crippen LogP contribution >= 0.6 is 0 Å². The molecule has 0 heterocycles. The smallest absolute Gasteiger partial charge is 0.383 e. The van der Waals surface area contributed by atoms with E-state index in [1.807, 2.05) is 0 Å². The van der Waals surface area contributed by atoms with E-state index in [4.69, 9.17) is 9.84 Å². The van der Waals surface area contributed by atoms with E-state index >= 15 is 0 Å². The van der Waals surface area contributed by atoms with Gasteiger partial charge in [0.1, 0.15) is 0 Å². The van der Waals surface area contributed by atoms with Crippen molar-refractivity contribution in [1.29, 1.82) is 0 Å². The Labute approximate surface area is 81.5 Å². The van der Waals surface area contributed by atoms with E-state index in [1.54, 1.807) is 6.92 Å². The second kappa shape index (κ2) is 6.21. The molecule has 6 heteroatoms. The monoisotopic (exact) mass is 215 g/mol. The molecule has 0 saturated carbocycles. The van der Waals surface area contributed by atoms with Gasteiger partial charge in [-0.25, -0.2) is 0 Å². The number of ether oxygens (including phenoxy) is 1. The highest BCUT2D eigenvalue weighted by Crippen LogP contribution is 2.20. The third kappa shape index (κ3) is 5.41. The van der Waals surface area contributed by atoms with Crippen LogP contribution in [0.15, 0.2) is 0 Å². The zero-order valence-corrected chi connectivity index (χ0v) is 8.34. The van der Waals surface area contributed by atoms with Crippen molar-refractivity contribution in [1.82, 2.24) is 4.90 Å². The molecule has 1 unspecified atom stereocenters. The summed E-state index contributed by atoms with van der Waals surface area (Å²) in [5, 5.41) is 8.78. The van der Waals surface area contributed by atoms with Gasteiger partial charge in [0.25, 0.3) is 0 Å². The highest BCUT2D eigenvalue weighted by molar-refractivity contribution is 4.70. The van der Waals surface area contributed by atoms with Crippen LogP contribution < -0.4 is 0 Å². The van der Waals surface area contributed by atoms with Crippen molar-refractivity contribution in [3.63, 3.8) is 0 Å². The summed E-state index contributed by atoms with van der Waals surface area (Å²) in [7, 11) is 1.48. The highest BCUT2D eigenvalue weighted by atomic mass is 19.4. The maximum atomic E-state index is 12.0. The number of rotatable bonds is 6. The van der Waals surface area contributed by atoms with E-state index in [2.05, 4.69) is 0 Å². The minimum atomic E-state index is -4.54. The minimum absolute atomic E-state index is 0.360. The number of likely N-dealkylation sites (N-methyl/N-ethyl adjacent to an activating group) is 1. The summed E-state index contributed by atoms with van der Waals surface area (Å²) in [6.45, 7) is 2.54. The predicted octanol–water partition coefficient (Wildman–Crippen LogP) is 0.878. The van der Waals surface area contributed by atoms with Crippen LogP contribution in [0.1, 0.15) is 6.92 Å². The normalized spacial score (nSPS) is 14.8. The molecule has 0 amide bonds. The zero-order chi connectivity index (χ0) is 11.2. The number of aliphatic hydroxyl groups is 1. The Morgan fingerprint density at radius 2 is 2.00 bits per heavy atom. The number of aliphatic hydroxyl groups excluding tert-OH is 1. The minimum Gasteiger partial charge on any atom is -0.383 e. The number of nitrogens with zero attached hydrogens (tertiary/aromatic N) is 1. The maximum absolute atomic E-state index is 12.0. The molecule has 0 aromatic carbocycles. The standard InChI is InChI=1S/C8H16F3NO2/c1-3-12(4-5-14-2)6-7(13)8(9,10)11/h7,13H,3-6H2,1-2H3. The zero-order valence-electron chi connectivity index (χ0n) is 8.34. The first-order valence-corrected chi connectivity index (χ1v) is 4.37. The van der Waals surface area contributed by atoms with Crippen LogP contribution in [-0.2, 0) is 4.74 Å². The summed E-state index contributed by atoms with van der Waals surface area (Å²) < 4.78 is 40.6. The summed E-state index contributed by atoms with van der Waals surface area (Å²) in [6.07, 6.45) is -6.82. The maximum Gasteiger partial charge on any atom is 0.415 e. The summed E-state index contributed by atoms with van der Waals surface area (Å²) in [6, 6.07) is 0. The van der Waals surface area contributed by atoms with Crippen LogP contribution in [0.3, 0.4) is 0 Å². The Hall–Kier alpha value is -0.330. The van der Waals surface area contributed by atoms with Crippen molar-refractivity contribution in [3.05, 3.63) is 0 Å². The summed E-state index contributed by atoms with van der Waals surface area (Å²) >= 11 is 0. The lowest BCUT2D eigenvalue weighted by Gasteiger charge is -2.24. The molecule has 3 nitrogen and oxygen atoms in total. The molecule has 0 aromatic rings. The van der Waals surface area contributed by atoms with Gasteiger partial charge >= 0.3 is 6.18 Å². The second-order valence-corrected chi connectivity index (χ2v) is 2.94. The van der Waals surface area contributed by atoms with E-state index in [0.29, 0.717) is 19.7 Å². The van der Waals surface area contributed by atoms with Gasteiger partial charge in [-0.2, -0.15) is 13.2 Å². The molecule has 0 fully saturated rings. The third-order valence-electron chi connectivity index (χ3n) is 1.87. The number of hydrogen-bond donors (Lipinski definition) is 1. The van der Waals surface area contributed by atoms with Crippen molar-refractivity contribution >= 4 is 0 Å². The molecular weight excluding hydrogens is 199 g/mol. The molecule has 0 aliphatic rings. The quantitative estimate of drug-likeness (QED) is 0.714. The lowest BCUT2D eigenvalue weighted by atomic mass is 10.3. The lowest BCUT2D eigenvalue weighted by Crippen LogP contribution is -2.42. The Bertz CT molecular complexity index is 152. The van der Waals surface area contributed by atoms with Crippen LogP contribution in [-0.4, -0.2) is 55.6 Å². The molecule has 86 valence electrons. The molecule has 0 aliphatic heterocycles. The predicted molar refractivity (Wildman–Crippen MR) is 46.1 cm³/mol. The average Bonchev–Trinajstić information content (AvgIpc) is 2.10. The molecule has 0 spiro atoms. The van der Waals surface area contributed by atoms with Crippen LogP contribution in [0.4, 0.5) is 13.2 Å². The number of methoxy groups -OCH3 is 1. The number of alkyl halides is 3. The van der Waals surface area contributed by atoms with E-state index in [0.717, 1.165) is 0 Å². The molecule has 0 saturated heterocycles. The van der Waals surface area contributed by atoms with Crippen molar-refractivity contribution in [2.75, 3.05) is 33.4 Å². The van der Waals surface area contributed by atoms with E-state index in [-0.39, 0.29) is 0 Å². The summed E-state index contributed by atoms with van der Waals surface area (Å²) in [5.74, 6) is 0. The fraction of sp³-hybridized carbons (Fsp3) is 1.00. The van der Waals surface area contributed by atoms with Crippen LogP contribution in [0.25, 0.3) is 0 Å². The third-order valence-corrected chi connectivity index (χ3v) is 1.87. The molecule has 0 aromatic heterocycles. The topological polar surface area (TPSA) is 32.7 Å². The molecule has 0 radical (unpaired) electrons. The molecular formula is C8H16F3NO2. The molecule has 0 aliphatic carbocycles. The SMILES string of the molecule is CCN(CCOC)CC(O)C(F)(F)F. The van der Waals surface area contributed by atoms with Crippen LogP contribution in [0.2, 0.25) is 0 Å². The molecule has 14 heavy (non-hydrogen) atoms. The van der Waals surface area contributed by atoms with E-state index < -0.39 is 18.8 Å². The molecule has 0 rings (SSSR count). The van der Waals surface area contributed by atoms with Crippen LogP contribution in [0, 0.1) is 0 Å². The first kappa shape index (κ1) is 13.7. The first-order chi connectivity index (χ1) is 6.41. The van der Waals surface area contributed by atoms with Gasteiger partial charge in [0.15, 0.2) is 6.10 Å². The van der Waals surface area contributed by atoms with Gasteiger partial charge in [-0.05, 0) is 6.54 Å². The molecule has 1 N–H and O–H groups in total. The number of halogens is 3. The Morgan fingerprint density at radius 3 is 2.36 bits per heavy atom. The Morgan fingerprint density at radius 1 is 1.43 bits per heavy atom. The van der Waals surface area contributed by atoms with Gasteiger partial charge in [-0.3, -0.25) is 4.90 Å². The van der Waals surface area contributed by atoms with Crippen molar-refractivity contribution in [2.24, 2.45) is 0 Å². The largest absolute Gasteiger partial charge is 0.415 e. The first-order valence-electron chi connectivity index (χ1n) is 4.37.